The smallest absolute Gasteiger partial charge is 0.232 e. The quantitative estimate of drug-likeness (QED) is 0.785. The Kier molecular flexibility index (Phi) is 5.03. The molecule has 1 aliphatic heterocycles. The topological polar surface area (TPSA) is 68.3 Å². The number of nitrogens with one attached hydrogen (secondary N) is 2. The third-order valence-electron chi connectivity index (χ3n) is 3.85. The molecule has 2 aromatic rings. The van der Waals surface area contributed by atoms with Crippen LogP contribution in [0.4, 0.5) is 0 Å². The van der Waals surface area contributed by atoms with Gasteiger partial charge in [0.15, 0.2) is 0 Å². The highest BCUT2D eigenvalue weighted by Crippen LogP contribution is 2.19. The largest absolute Gasteiger partial charge is 0.497 e. The lowest BCUT2D eigenvalue weighted by molar-refractivity contribution is 0.283. The van der Waals surface area contributed by atoms with Crippen molar-refractivity contribution in [1.29, 1.82) is 0 Å². The molecule has 118 valence electrons. The number of hydrogen-bond acceptors (Lipinski definition) is 6. The molecule has 3 rings (SSSR count). The number of benzene rings is 1. The first-order chi connectivity index (χ1) is 10.8. The molecule has 2 N–H and O–H groups in total. The number of rotatable bonds is 6. The van der Waals surface area contributed by atoms with E-state index >= 15 is 0 Å². The Morgan fingerprint density at radius 1 is 1.27 bits per heavy atom. The Morgan fingerprint density at radius 3 is 2.95 bits per heavy atom. The summed E-state index contributed by atoms with van der Waals surface area (Å²) in [5, 5.41) is 6.87. The van der Waals surface area contributed by atoms with Crippen molar-refractivity contribution in [2.24, 2.45) is 0 Å². The highest BCUT2D eigenvalue weighted by molar-refractivity contribution is 5.76. The Balaban J connectivity index is 1.52. The summed E-state index contributed by atoms with van der Waals surface area (Å²) in [6.07, 6.45) is 4.02. The summed E-state index contributed by atoms with van der Waals surface area (Å²) in [5.74, 6) is 1.32. The summed E-state index contributed by atoms with van der Waals surface area (Å²) in [7, 11) is 1.64. The Bertz CT molecular complexity index is 614. The van der Waals surface area contributed by atoms with E-state index in [1.54, 1.807) is 13.3 Å². The van der Waals surface area contributed by atoms with Gasteiger partial charge >= 0.3 is 0 Å². The molecule has 1 fully saturated rings. The predicted molar refractivity (Wildman–Crippen MR) is 85.5 cm³/mol. The van der Waals surface area contributed by atoms with Crippen LogP contribution in [0.5, 0.6) is 11.6 Å². The van der Waals surface area contributed by atoms with E-state index in [1.807, 2.05) is 18.2 Å². The van der Waals surface area contributed by atoms with Crippen LogP contribution in [-0.4, -0.2) is 49.4 Å². The molecule has 0 amide bonds. The lowest BCUT2D eigenvalue weighted by Gasteiger charge is -2.23. The van der Waals surface area contributed by atoms with Crippen LogP contribution in [0.25, 0.3) is 11.0 Å². The zero-order chi connectivity index (χ0) is 15.2. The number of methoxy groups -OCH3 is 1. The van der Waals surface area contributed by atoms with E-state index in [4.69, 9.17) is 9.47 Å². The van der Waals surface area contributed by atoms with Gasteiger partial charge in [0.1, 0.15) is 12.4 Å². The van der Waals surface area contributed by atoms with Crippen LogP contribution in [0.2, 0.25) is 0 Å². The normalized spacial score (nSPS) is 15.9. The lowest BCUT2D eigenvalue weighted by Crippen LogP contribution is -2.41. The molecule has 0 bridgehead atoms. The second kappa shape index (κ2) is 7.38. The van der Waals surface area contributed by atoms with Crippen LogP contribution < -0.4 is 20.1 Å². The Labute approximate surface area is 130 Å². The van der Waals surface area contributed by atoms with Crippen LogP contribution in [0.15, 0.2) is 24.4 Å². The maximum Gasteiger partial charge on any atom is 0.232 e. The molecule has 0 spiro atoms. The third kappa shape index (κ3) is 3.84. The van der Waals surface area contributed by atoms with Crippen molar-refractivity contribution < 1.29 is 9.47 Å². The molecule has 0 atom stereocenters. The number of nitrogens with zero attached hydrogens (tertiary/aromatic N) is 2. The summed E-state index contributed by atoms with van der Waals surface area (Å²) in [5.41, 5.74) is 1.61. The van der Waals surface area contributed by atoms with Gasteiger partial charge in [-0.2, -0.15) is 0 Å². The third-order valence-corrected chi connectivity index (χ3v) is 3.85. The van der Waals surface area contributed by atoms with E-state index in [9.17, 15) is 0 Å². The molecule has 6 heteroatoms. The Hall–Kier alpha value is -1.92. The number of piperidine rings is 1. The SMILES string of the molecule is COc1ccc2ncc(OCCNC3CCNCC3)nc2c1. The molecule has 2 heterocycles. The van der Waals surface area contributed by atoms with Crippen molar-refractivity contribution in [1.82, 2.24) is 20.6 Å². The van der Waals surface area contributed by atoms with Crippen molar-refractivity contribution in [3.8, 4) is 11.6 Å². The standard InChI is InChI=1S/C16H22N4O2/c1-21-13-2-3-14-15(10-13)20-16(11-19-14)22-9-8-18-12-4-6-17-7-5-12/h2-3,10-12,17-18H,4-9H2,1H3. The number of hydrogen-bond donors (Lipinski definition) is 2. The molecule has 0 unspecified atom stereocenters. The molecule has 6 nitrogen and oxygen atoms in total. The van der Waals surface area contributed by atoms with Crippen LogP contribution in [0.1, 0.15) is 12.8 Å². The summed E-state index contributed by atoms with van der Waals surface area (Å²) in [6.45, 7) is 3.60. The average molecular weight is 302 g/mol. The predicted octanol–water partition coefficient (Wildman–Crippen LogP) is 1.36. The van der Waals surface area contributed by atoms with Gasteiger partial charge in [0.05, 0.1) is 24.3 Å². The van der Waals surface area contributed by atoms with Gasteiger partial charge in [-0.25, -0.2) is 9.97 Å². The van der Waals surface area contributed by atoms with E-state index in [1.165, 1.54) is 12.8 Å². The van der Waals surface area contributed by atoms with Crippen molar-refractivity contribution in [2.75, 3.05) is 33.4 Å². The monoisotopic (exact) mass is 302 g/mol. The minimum atomic E-state index is 0.549. The first-order valence-electron chi connectivity index (χ1n) is 7.73. The minimum absolute atomic E-state index is 0.549. The van der Waals surface area contributed by atoms with Crippen LogP contribution in [0, 0.1) is 0 Å². The van der Waals surface area contributed by atoms with Gasteiger partial charge in [-0.1, -0.05) is 0 Å². The number of aromatic nitrogens is 2. The highest BCUT2D eigenvalue weighted by atomic mass is 16.5. The molecular formula is C16H22N4O2. The van der Waals surface area contributed by atoms with E-state index in [0.29, 0.717) is 18.5 Å². The van der Waals surface area contributed by atoms with E-state index in [2.05, 4.69) is 20.6 Å². The zero-order valence-electron chi connectivity index (χ0n) is 12.8. The summed E-state index contributed by atoms with van der Waals surface area (Å²) in [4.78, 5) is 8.82. The second-order valence-electron chi connectivity index (χ2n) is 5.39. The van der Waals surface area contributed by atoms with Crippen LogP contribution in [0.3, 0.4) is 0 Å². The summed E-state index contributed by atoms with van der Waals surface area (Å²) in [6, 6.07) is 6.23. The van der Waals surface area contributed by atoms with Gasteiger partial charge in [-0.3, -0.25) is 0 Å². The van der Waals surface area contributed by atoms with E-state index in [-0.39, 0.29) is 0 Å². The second-order valence-corrected chi connectivity index (χ2v) is 5.39. The molecule has 1 aromatic heterocycles. The lowest BCUT2D eigenvalue weighted by atomic mass is 10.1. The average Bonchev–Trinajstić information content (AvgIpc) is 2.59. The molecular weight excluding hydrogens is 280 g/mol. The maximum absolute atomic E-state index is 5.69. The summed E-state index contributed by atoms with van der Waals surface area (Å²) >= 11 is 0. The fourth-order valence-corrected chi connectivity index (χ4v) is 2.62. The van der Waals surface area contributed by atoms with Gasteiger partial charge in [0.2, 0.25) is 5.88 Å². The van der Waals surface area contributed by atoms with Crippen LogP contribution in [-0.2, 0) is 0 Å². The molecule has 1 saturated heterocycles. The minimum Gasteiger partial charge on any atom is -0.497 e. The van der Waals surface area contributed by atoms with Crippen molar-refractivity contribution in [3.05, 3.63) is 24.4 Å². The Morgan fingerprint density at radius 2 is 2.14 bits per heavy atom. The van der Waals surface area contributed by atoms with Gasteiger partial charge in [0.25, 0.3) is 0 Å². The van der Waals surface area contributed by atoms with E-state index in [0.717, 1.165) is 36.4 Å². The van der Waals surface area contributed by atoms with Gasteiger partial charge < -0.3 is 20.1 Å². The first kappa shape index (κ1) is 15.0. The number of fused-ring (bicyclic) bond motifs is 1. The van der Waals surface area contributed by atoms with Crippen LogP contribution >= 0.6 is 0 Å². The fraction of sp³-hybridized carbons (Fsp3) is 0.500. The summed E-state index contributed by atoms with van der Waals surface area (Å²) < 4.78 is 10.9. The molecule has 0 saturated carbocycles. The molecule has 22 heavy (non-hydrogen) atoms. The molecule has 1 aliphatic rings. The fourth-order valence-electron chi connectivity index (χ4n) is 2.62. The van der Waals surface area contributed by atoms with Gasteiger partial charge in [0, 0.05) is 18.7 Å². The van der Waals surface area contributed by atoms with Crippen molar-refractivity contribution >= 4 is 11.0 Å². The maximum atomic E-state index is 5.69. The van der Waals surface area contributed by atoms with Crippen molar-refractivity contribution in [2.45, 2.75) is 18.9 Å². The van der Waals surface area contributed by atoms with Gasteiger partial charge in [-0.15, -0.1) is 0 Å². The number of ether oxygens (including phenoxy) is 2. The van der Waals surface area contributed by atoms with Crippen molar-refractivity contribution in [3.63, 3.8) is 0 Å². The highest BCUT2D eigenvalue weighted by Gasteiger charge is 2.11. The molecule has 0 radical (unpaired) electrons. The van der Waals surface area contributed by atoms with E-state index < -0.39 is 0 Å². The first-order valence-corrected chi connectivity index (χ1v) is 7.73. The molecule has 0 aliphatic carbocycles. The molecule has 1 aromatic carbocycles. The zero-order valence-corrected chi connectivity index (χ0v) is 12.8. The van der Waals surface area contributed by atoms with Gasteiger partial charge in [-0.05, 0) is 38.1 Å².